The van der Waals surface area contributed by atoms with Gasteiger partial charge in [0.05, 0.1) is 17.3 Å². The second kappa shape index (κ2) is 10.1. The number of halogens is 2. The molecule has 0 spiro atoms. The quantitative estimate of drug-likeness (QED) is 0.325. The Balaban J connectivity index is 1.63. The number of benzene rings is 3. The van der Waals surface area contributed by atoms with Crippen molar-refractivity contribution in [2.45, 2.75) is 13.0 Å². The summed E-state index contributed by atoms with van der Waals surface area (Å²) in [4.78, 5) is 9.27. The molecule has 0 radical (unpaired) electrons. The molecule has 0 atom stereocenters. The van der Waals surface area contributed by atoms with Gasteiger partial charge in [-0.15, -0.1) is 0 Å². The van der Waals surface area contributed by atoms with Gasteiger partial charge in [0.2, 0.25) is 5.95 Å². The lowest BCUT2D eigenvalue weighted by Gasteiger charge is -2.13. The first-order valence-corrected chi connectivity index (χ1v) is 10.7. The van der Waals surface area contributed by atoms with Gasteiger partial charge in [0.25, 0.3) is 0 Å². The van der Waals surface area contributed by atoms with E-state index in [2.05, 4.69) is 38.8 Å². The van der Waals surface area contributed by atoms with Gasteiger partial charge in [-0.05, 0) is 47.5 Å². The highest BCUT2D eigenvalue weighted by Crippen LogP contribution is 2.27. The van der Waals surface area contributed by atoms with E-state index in [0.29, 0.717) is 40.3 Å². The summed E-state index contributed by atoms with van der Waals surface area (Å²) >= 11 is 12.7. The molecule has 0 unspecified atom stereocenters. The predicted molar refractivity (Wildman–Crippen MR) is 130 cm³/mol. The van der Waals surface area contributed by atoms with Crippen LogP contribution in [0.4, 0.5) is 17.5 Å². The molecule has 3 aromatic carbocycles. The second-order valence-electron chi connectivity index (χ2n) is 7.10. The zero-order valence-electron chi connectivity index (χ0n) is 17.0. The van der Waals surface area contributed by atoms with E-state index in [1.165, 1.54) is 0 Å². The lowest BCUT2D eigenvalue weighted by molar-refractivity contribution is 1.01. The van der Waals surface area contributed by atoms with Gasteiger partial charge in [0.1, 0.15) is 5.82 Å². The fourth-order valence-electron chi connectivity index (χ4n) is 3.16. The van der Waals surface area contributed by atoms with Crippen LogP contribution in [0.3, 0.4) is 0 Å². The van der Waals surface area contributed by atoms with Crippen LogP contribution >= 0.6 is 23.2 Å². The maximum atomic E-state index is 9.00. The van der Waals surface area contributed by atoms with Crippen LogP contribution in [-0.4, -0.2) is 9.97 Å². The molecule has 0 aliphatic carbocycles. The molecule has 4 aromatic rings. The first-order valence-electron chi connectivity index (χ1n) is 9.96. The molecule has 0 saturated heterocycles. The zero-order chi connectivity index (χ0) is 22.3. The minimum Gasteiger partial charge on any atom is -0.366 e. The van der Waals surface area contributed by atoms with Crippen molar-refractivity contribution in [3.63, 3.8) is 0 Å². The van der Waals surface area contributed by atoms with E-state index in [1.54, 1.807) is 12.1 Å². The van der Waals surface area contributed by atoms with Gasteiger partial charge in [-0.2, -0.15) is 10.2 Å². The van der Waals surface area contributed by atoms with Crippen LogP contribution in [0.5, 0.6) is 0 Å². The normalized spacial score (nSPS) is 10.4. The fourth-order valence-corrected chi connectivity index (χ4v) is 3.69. The number of anilines is 3. The Bertz CT molecular complexity index is 1230. The van der Waals surface area contributed by atoms with Gasteiger partial charge in [-0.1, -0.05) is 59.6 Å². The molecule has 1 heterocycles. The van der Waals surface area contributed by atoms with Crippen LogP contribution in [0.2, 0.25) is 10.0 Å². The number of nitrogens with zero attached hydrogens (tertiary/aromatic N) is 3. The van der Waals surface area contributed by atoms with Gasteiger partial charge in [-0.25, -0.2) is 4.98 Å². The molecule has 0 amide bonds. The average Bonchev–Trinajstić information content (AvgIpc) is 2.81. The Morgan fingerprint density at radius 3 is 2.25 bits per heavy atom. The highest BCUT2D eigenvalue weighted by molar-refractivity contribution is 6.36. The van der Waals surface area contributed by atoms with Gasteiger partial charge in [0.15, 0.2) is 0 Å². The molecule has 32 heavy (non-hydrogen) atoms. The molecule has 5 nitrogen and oxygen atoms in total. The lowest BCUT2D eigenvalue weighted by Crippen LogP contribution is -2.07. The smallest absolute Gasteiger partial charge is 0.229 e. The molecular weight excluding hydrogens is 441 g/mol. The Labute approximate surface area is 196 Å². The summed E-state index contributed by atoms with van der Waals surface area (Å²) in [6.45, 7) is 0.625. The van der Waals surface area contributed by atoms with E-state index in [4.69, 9.17) is 28.5 Å². The number of nitriles is 1. The Morgan fingerprint density at radius 1 is 0.844 bits per heavy atom. The molecule has 0 saturated carbocycles. The molecule has 158 valence electrons. The standard InChI is InChI=1S/C25H19Cl2N5/c26-22-7-4-8-23(27)21(22)13-20-14-24(29-16-18-5-2-1-3-6-18)32-25(31-20)30-19-11-9-17(15-28)10-12-19/h1-12,14H,13,16H2,(H2,29,30,31,32). The summed E-state index contributed by atoms with van der Waals surface area (Å²) in [7, 11) is 0. The molecular formula is C25H19Cl2N5. The molecule has 0 bridgehead atoms. The van der Waals surface area contributed by atoms with E-state index in [0.717, 1.165) is 22.5 Å². The lowest BCUT2D eigenvalue weighted by atomic mass is 10.1. The Hall–Kier alpha value is -3.59. The highest BCUT2D eigenvalue weighted by atomic mass is 35.5. The first-order chi connectivity index (χ1) is 15.6. The van der Waals surface area contributed by atoms with Crippen molar-refractivity contribution < 1.29 is 0 Å². The van der Waals surface area contributed by atoms with Gasteiger partial charge in [-0.3, -0.25) is 0 Å². The number of hydrogen-bond acceptors (Lipinski definition) is 5. The van der Waals surface area contributed by atoms with Crippen molar-refractivity contribution in [2.75, 3.05) is 10.6 Å². The topological polar surface area (TPSA) is 73.6 Å². The van der Waals surface area contributed by atoms with Crippen LogP contribution in [-0.2, 0) is 13.0 Å². The van der Waals surface area contributed by atoms with Crippen LogP contribution in [0.15, 0.2) is 78.9 Å². The van der Waals surface area contributed by atoms with Crippen LogP contribution in [0, 0.1) is 11.3 Å². The average molecular weight is 460 g/mol. The molecule has 7 heteroatoms. The van der Waals surface area contributed by atoms with Crippen molar-refractivity contribution in [1.29, 1.82) is 5.26 Å². The van der Waals surface area contributed by atoms with Crippen LogP contribution in [0.25, 0.3) is 0 Å². The summed E-state index contributed by atoms with van der Waals surface area (Å²) in [5.74, 6) is 1.11. The summed E-state index contributed by atoms with van der Waals surface area (Å²) < 4.78 is 0. The van der Waals surface area contributed by atoms with E-state index >= 15 is 0 Å². The van der Waals surface area contributed by atoms with Crippen molar-refractivity contribution in [3.05, 3.63) is 111 Å². The molecule has 0 aliphatic rings. The molecule has 2 N–H and O–H groups in total. The highest BCUT2D eigenvalue weighted by Gasteiger charge is 2.11. The van der Waals surface area contributed by atoms with Gasteiger partial charge < -0.3 is 10.6 Å². The minimum atomic E-state index is 0.436. The fraction of sp³-hybridized carbons (Fsp3) is 0.0800. The van der Waals surface area contributed by atoms with Crippen molar-refractivity contribution in [1.82, 2.24) is 9.97 Å². The SMILES string of the molecule is N#Cc1ccc(Nc2nc(Cc3c(Cl)cccc3Cl)cc(NCc3ccccc3)n2)cc1. The maximum Gasteiger partial charge on any atom is 0.229 e. The third-order valence-electron chi connectivity index (χ3n) is 4.79. The van der Waals surface area contributed by atoms with Gasteiger partial charge >= 0.3 is 0 Å². The van der Waals surface area contributed by atoms with E-state index < -0.39 is 0 Å². The van der Waals surface area contributed by atoms with Crippen molar-refractivity contribution in [3.8, 4) is 6.07 Å². The number of nitrogens with one attached hydrogen (secondary N) is 2. The minimum absolute atomic E-state index is 0.436. The largest absolute Gasteiger partial charge is 0.366 e. The van der Waals surface area contributed by atoms with Crippen LogP contribution < -0.4 is 10.6 Å². The molecule has 0 aliphatic heterocycles. The molecule has 1 aromatic heterocycles. The van der Waals surface area contributed by atoms with E-state index in [1.807, 2.05) is 54.6 Å². The predicted octanol–water partition coefficient (Wildman–Crippen LogP) is 6.60. The summed E-state index contributed by atoms with van der Waals surface area (Å²) in [5, 5.41) is 16.8. The summed E-state index contributed by atoms with van der Waals surface area (Å²) in [6, 6.07) is 26.7. The Kier molecular flexibility index (Phi) is 6.86. The number of rotatable bonds is 7. The monoisotopic (exact) mass is 459 g/mol. The van der Waals surface area contributed by atoms with Gasteiger partial charge in [0, 0.05) is 34.8 Å². The van der Waals surface area contributed by atoms with Crippen LogP contribution in [0.1, 0.15) is 22.4 Å². The molecule has 0 fully saturated rings. The maximum absolute atomic E-state index is 9.00. The zero-order valence-corrected chi connectivity index (χ0v) is 18.5. The van der Waals surface area contributed by atoms with Crippen molar-refractivity contribution >= 4 is 40.7 Å². The summed E-state index contributed by atoms with van der Waals surface area (Å²) in [5.41, 5.74) is 4.09. The second-order valence-corrected chi connectivity index (χ2v) is 7.91. The van der Waals surface area contributed by atoms with E-state index in [9.17, 15) is 0 Å². The summed E-state index contributed by atoms with van der Waals surface area (Å²) in [6.07, 6.45) is 0.461. The molecule has 4 rings (SSSR count). The van der Waals surface area contributed by atoms with E-state index in [-0.39, 0.29) is 0 Å². The number of hydrogen-bond donors (Lipinski definition) is 2. The van der Waals surface area contributed by atoms with Crippen molar-refractivity contribution in [2.24, 2.45) is 0 Å². The first kappa shape index (κ1) is 21.6. The third kappa shape index (κ3) is 5.55. The Morgan fingerprint density at radius 2 is 1.56 bits per heavy atom. The number of aromatic nitrogens is 2. The third-order valence-corrected chi connectivity index (χ3v) is 5.49.